The van der Waals surface area contributed by atoms with Crippen molar-refractivity contribution in [1.82, 2.24) is 10.2 Å². The minimum absolute atomic E-state index is 0.400. The fraction of sp³-hybridized carbons (Fsp3) is 0.625. The maximum absolute atomic E-state index is 3.42. The normalized spacial score (nSPS) is 15.1. The van der Waals surface area contributed by atoms with Crippen LogP contribution in [0.15, 0.2) is 24.3 Å². The Hall–Kier alpha value is -0.860. The topological polar surface area (TPSA) is 15.3 Å². The smallest absolute Gasteiger partial charge is 0.0446 e. The van der Waals surface area contributed by atoms with Crippen LogP contribution in [-0.2, 0) is 0 Å². The standard InChI is InChI=1S/C16H28N2/c1-12(2)14(4)18(6)11-16(17-5)15-9-7-13(3)8-10-15/h7-10,12,14,16-17H,11H2,1-6H3. The second-order valence-corrected chi connectivity index (χ2v) is 5.68. The molecule has 0 aliphatic heterocycles. The molecule has 0 saturated carbocycles. The van der Waals surface area contributed by atoms with E-state index in [1.807, 2.05) is 7.05 Å². The van der Waals surface area contributed by atoms with E-state index in [4.69, 9.17) is 0 Å². The summed E-state index contributed by atoms with van der Waals surface area (Å²) >= 11 is 0. The summed E-state index contributed by atoms with van der Waals surface area (Å²) in [4.78, 5) is 2.44. The second-order valence-electron chi connectivity index (χ2n) is 5.68. The molecule has 0 saturated heterocycles. The fourth-order valence-corrected chi connectivity index (χ4v) is 2.13. The van der Waals surface area contributed by atoms with Crippen LogP contribution in [0.25, 0.3) is 0 Å². The van der Waals surface area contributed by atoms with Crippen molar-refractivity contribution in [3.05, 3.63) is 35.4 Å². The SMILES string of the molecule is CNC(CN(C)C(C)C(C)C)c1ccc(C)cc1. The zero-order valence-corrected chi connectivity index (χ0v) is 12.7. The molecule has 0 aromatic heterocycles. The number of hydrogen-bond donors (Lipinski definition) is 1. The van der Waals surface area contributed by atoms with Gasteiger partial charge >= 0.3 is 0 Å². The zero-order chi connectivity index (χ0) is 13.7. The van der Waals surface area contributed by atoms with Gasteiger partial charge in [-0.05, 0) is 39.4 Å². The Bertz CT molecular complexity index is 343. The maximum atomic E-state index is 3.42. The van der Waals surface area contributed by atoms with Crippen molar-refractivity contribution in [3.63, 3.8) is 0 Å². The van der Waals surface area contributed by atoms with E-state index < -0.39 is 0 Å². The molecule has 0 aliphatic carbocycles. The number of benzene rings is 1. The van der Waals surface area contributed by atoms with Gasteiger partial charge in [-0.25, -0.2) is 0 Å². The largest absolute Gasteiger partial charge is 0.312 e. The fourth-order valence-electron chi connectivity index (χ4n) is 2.13. The molecule has 2 atom stereocenters. The molecule has 2 unspecified atom stereocenters. The average Bonchev–Trinajstić information content (AvgIpc) is 2.35. The van der Waals surface area contributed by atoms with Gasteiger partial charge in [-0.3, -0.25) is 0 Å². The Labute approximate surface area is 112 Å². The summed E-state index contributed by atoms with van der Waals surface area (Å²) in [5.74, 6) is 0.686. The molecule has 1 aromatic rings. The number of nitrogens with one attached hydrogen (secondary N) is 1. The van der Waals surface area contributed by atoms with Crippen LogP contribution in [0, 0.1) is 12.8 Å². The molecule has 18 heavy (non-hydrogen) atoms. The van der Waals surface area contributed by atoms with Crippen LogP contribution < -0.4 is 5.32 Å². The van der Waals surface area contributed by atoms with Gasteiger partial charge in [-0.1, -0.05) is 43.7 Å². The third-order valence-corrected chi connectivity index (χ3v) is 3.96. The van der Waals surface area contributed by atoms with Crippen molar-refractivity contribution in [2.75, 3.05) is 20.6 Å². The summed E-state index contributed by atoms with van der Waals surface area (Å²) in [7, 11) is 4.25. The van der Waals surface area contributed by atoms with Gasteiger partial charge in [0.1, 0.15) is 0 Å². The number of hydrogen-bond acceptors (Lipinski definition) is 2. The molecule has 1 rings (SSSR count). The van der Waals surface area contributed by atoms with Crippen LogP contribution in [-0.4, -0.2) is 31.6 Å². The second kappa shape index (κ2) is 6.91. The van der Waals surface area contributed by atoms with Gasteiger partial charge in [0.05, 0.1) is 0 Å². The molecule has 2 nitrogen and oxygen atoms in total. The molecule has 0 aliphatic rings. The Morgan fingerprint density at radius 2 is 1.67 bits per heavy atom. The van der Waals surface area contributed by atoms with E-state index in [1.165, 1.54) is 11.1 Å². The van der Waals surface area contributed by atoms with E-state index in [1.54, 1.807) is 0 Å². The van der Waals surface area contributed by atoms with E-state index in [9.17, 15) is 0 Å². The van der Waals surface area contributed by atoms with Crippen molar-refractivity contribution in [3.8, 4) is 0 Å². The van der Waals surface area contributed by atoms with Crippen molar-refractivity contribution in [1.29, 1.82) is 0 Å². The minimum atomic E-state index is 0.400. The van der Waals surface area contributed by atoms with Crippen LogP contribution in [0.2, 0.25) is 0 Å². The Morgan fingerprint density at radius 3 is 2.11 bits per heavy atom. The monoisotopic (exact) mass is 248 g/mol. The molecule has 0 spiro atoms. The van der Waals surface area contributed by atoms with Crippen LogP contribution in [0.1, 0.15) is 37.9 Å². The van der Waals surface area contributed by atoms with Gasteiger partial charge in [0.25, 0.3) is 0 Å². The molecule has 1 N–H and O–H groups in total. The molecule has 0 heterocycles. The maximum Gasteiger partial charge on any atom is 0.0446 e. The number of rotatable bonds is 6. The lowest BCUT2D eigenvalue weighted by atomic mass is 10.0. The summed E-state index contributed by atoms with van der Waals surface area (Å²) in [6.45, 7) is 10.0. The van der Waals surface area contributed by atoms with Crippen LogP contribution in [0.5, 0.6) is 0 Å². The van der Waals surface area contributed by atoms with E-state index in [0.717, 1.165) is 6.54 Å². The van der Waals surface area contributed by atoms with Gasteiger partial charge in [-0.2, -0.15) is 0 Å². The number of aryl methyl sites for hydroxylation is 1. The van der Waals surface area contributed by atoms with E-state index in [0.29, 0.717) is 18.0 Å². The molecule has 1 aromatic carbocycles. The van der Waals surface area contributed by atoms with Crippen LogP contribution in [0.3, 0.4) is 0 Å². The Balaban J connectivity index is 2.70. The zero-order valence-electron chi connectivity index (χ0n) is 12.7. The molecule has 0 fully saturated rings. The highest BCUT2D eigenvalue weighted by Crippen LogP contribution is 2.17. The molecule has 0 radical (unpaired) electrons. The molecule has 0 amide bonds. The Kier molecular flexibility index (Phi) is 5.83. The van der Waals surface area contributed by atoms with E-state index >= 15 is 0 Å². The predicted octanol–water partition coefficient (Wildman–Crippen LogP) is 3.23. The molecule has 2 heteroatoms. The summed E-state index contributed by atoms with van der Waals surface area (Å²) in [6, 6.07) is 9.83. The van der Waals surface area contributed by atoms with Gasteiger partial charge in [0.15, 0.2) is 0 Å². The van der Waals surface area contributed by atoms with E-state index in [-0.39, 0.29) is 0 Å². The summed E-state index contributed by atoms with van der Waals surface area (Å²) in [5, 5.41) is 3.42. The van der Waals surface area contributed by atoms with Gasteiger partial charge in [-0.15, -0.1) is 0 Å². The summed E-state index contributed by atoms with van der Waals surface area (Å²) in [6.07, 6.45) is 0. The lowest BCUT2D eigenvalue weighted by molar-refractivity contribution is 0.190. The number of nitrogens with zero attached hydrogens (tertiary/aromatic N) is 1. The quantitative estimate of drug-likeness (QED) is 0.831. The number of likely N-dealkylation sites (N-methyl/N-ethyl adjacent to an activating group) is 2. The summed E-state index contributed by atoms with van der Waals surface area (Å²) < 4.78 is 0. The highest BCUT2D eigenvalue weighted by atomic mass is 15.1. The van der Waals surface area contributed by atoms with Crippen molar-refractivity contribution < 1.29 is 0 Å². The highest BCUT2D eigenvalue weighted by molar-refractivity contribution is 5.24. The van der Waals surface area contributed by atoms with Gasteiger partial charge < -0.3 is 10.2 Å². The highest BCUT2D eigenvalue weighted by Gasteiger charge is 2.17. The van der Waals surface area contributed by atoms with Crippen molar-refractivity contribution >= 4 is 0 Å². The first-order valence-electron chi connectivity index (χ1n) is 6.89. The van der Waals surface area contributed by atoms with Crippen molar-refractivity contribution in [2.45, 2.75) is 39.8 Å². The molecule has 102 valence electrons. The third kappa shape index (κ3) is 4.11. The van der Waals surface area contributed by atoms with Gasteiger partial charge in [0.2, 0.25) is 0 Å². The van der Waals surface area contributed by atoms with Crippen LogP contribution >= 0.6 is 0 Å². The lowest BCUT2D eigenvalue weighted by Gasteiger charge is -2.31. The summed E-state index contributed by atoms with van der Waals surface area (Å²) in [5.41, 5.74) is 2.68. The minimum Gasteiger partial charge on any atom is -0.312 e. The predicted molar refractivity (Wildman–Crippen MR) is 79.9 cm³/mol. The molecule has 0 bridgehead atoms. The molecular weight excluding hydrogens is 220 g/mol. The van der Waals surface area contributed by atoms with Crippen LogP contribution in [0.4, 0.5) is 0 Å². The van der Waals surface area contributed by atoms with Crippen molar-refractivity contribution in [2.24, 2.45) is 5.92 Å². The third-order valence-electron chi connectivity index (χ3n) is 3.96. The lowest BCUT2D eigenvalue weighted by Crippen LogP contribution is -2.39. The first kappa shape index (κ1) is 15.2. The Morgan fingerprint density at radius 1 is 1.11 bits per heavy atom. The van der Waals surface area contributed by atoms with Gasteiger partial charge in [0, 0.05) is 18.6 Å². The first-order chi connectivity index (χ1) is 8.45. The molecular formula is C16H28N2. The van der Waals surface area contributed by atoms with E-state index in [2.05, 4.69) is 69.2 Å². The average molecular weight is 248 g/mol. The first-order valence-corrected chi connectivity index (χ1v) is 6.89.